The van der Waals surface area contributed by atoms with Crippen molar-refractivity contribution >= 4 is 22.6 Å². The lowest BCUT2D eigenvalue weighted by Crippen LogP contribution is -2.25. The molecule has 0 bridgehead atoms. The van der Waals surface area contributed by atoms with E-state index in [1.54, 1.807) is 0 Å². The SMILES string of the molecule is Cc1ccccc1-c1cc2ccccc2nc1CNC(=O)c1cncnc1N. The molecule has 0 unspecified atom stereocenters. The van der Waals surface area contributed by atoms with Crippen molar-refractivity contribution in [3.05, 3.63) is 83.9 Å². The number of carbonyl (C=O) groups is 1. The Morgan fingerprint density at radius 1 is 1.07 bits per heavy atom. The highest BCUT2D eigenvalue weighted by molar-refractivity contribution is 5.98. The van der Waals surface area contributed by atoms with E-state index in [-0.39, 0.29) is 23.8 Å². The molecule has 3 N–H and O–H groups in total. The van der Waals surface area contributed by atoms with E-state index in [0.717, 1.165) is 33.3 Å². The van der Waals surface area contributed by atoms with Gasteiger partial charge in [-0.05, 0) is 30.2 Å². The monoisotopic (exact) mass is 369 g/mol. The number of aromatic nitrogens is 3. The lowest BCUT2D eigenvalue weighted by atomic mass is 9.97. The van der Waals surface area contributed by atoms with Crippen LogP contribution in [0.25, 0.3) is 22.0 Å². The first kappa shape index (κ1) is 17.6. The third-order valence-corrected chi connectivity index (χ3v) is 4.64. The maximum atomic E-state index is 12.5. The second kappa shape index (κ2) is 7.44. The molecule has 2 aromatic heterocycles. The van der Waals surface area contributed by atoms with Gasteiger partial charge in [-0.25, -0.2) is 9.97 Å². The molecule has 28 heavy (non-hydrogen) atoms. The summed E-state index contributed by atoms with van der Waals surface area (Å²) in [6, 6.07) is 18.2. The number of hydrogen-bond donors (Lipinski definition) is 2. The average molecular weight is 369 g/mol. The van der Waals surface area contributed by atoms with Crippen molar-refractivity contribution in [2.24, 2.45) is 0 Å². The fourth-order valence-corrected chi connectivity index (χ4v) is 3.17. The van der Waals surface area contributed by atoms with Crippen molar-refractivity contribution in [2.45, 2.75) is 13.5 Å². The number of nitrogens with one attached hydrogen (secondary N) is 1. The Labute approximate surface area is 162 Å². The highest BCUT2D eigenvalue weighted by Gasteiger charge is 2.14. The minimum Gasteiger partial charge on any atom is -0.383 e. The van der Waals surface area contributed by atoms with Crippen LogP contribution in [0.4, 0.5) is 5.82 Å². The van der Waals surface area contributed by atoms with Gasteiger partial charge in [-0.1, -0.05) is 42.5 Å². The molecule has 0 saturated carbocycles. The zero-order valence-electron chi connectivity index (χ0n) is 15.4. The number of pyridine rings is 1. The first-order valence-electron chi connectivity index (χ1n) is 8.92. The number of fused-ring (bicyclic) bond motifs is 1. The number of hydrogen-bond acceptors (Lipinski definition) is 5. The first-order chi connectivity index (χ1) is 13.6. The molecule has 2 heterocycles. The Morgan fingerprint density at radius 2 is 1.86 bits per heavy atom. The van der Waals surface area contributed by atoms with Gasteiger partial charge in [-0.3, -0.25) is 9.78 Å². The molecule has 0 aliphatic rings. The number of benzene rings is 2. The molecule has 0 atom stereocenters. The maximum absolute atomic E-state index is 12.5. The third-order valence-electron chi connectivity index (χ3n) is 4.64. The third kappa shape index (κ3) is 3.40. The zero-order chi connectivity index (χ0) is 19.5. The summed E-state index contributed by atoms with van der Waals surface area (Å²) in [7, 11) is 0. The van der Waals surface area contributed by atoms with Crippen LogP contribution in [0.3, 0.4) is 0 Å². The Kier molecular flexibility index (Phi) is 4.68. The van der Waals surface area contributed by atoms with Crippen molar-refractivity contribution in [1.82, 2.24) is 20.3 Å². The Balaban J connectivity index is 1.73. The van der Waals surface area contributed by atoms with Crippen LogP contribution in [0, 0.1) is 6.92 Å². The molecule has 138 valence electrons. The van der Waals surface area contributed by atoms with Gasteiger partial charge in [0.2, 0.25) is 0 Å². The van der Waals surface area contributed by atoms with Gasteiger partial charge in [0.1, 0.15) is 12.1 Å². The number of aryl methyl sites for hydroxylation is 1. The van der Waals surface area contributed by atoms with E-state index in [0.29, 0.717) is 0 Å². The average Bonchev–Trinajstić information content (AvgIpc) is 2.72. The topological polar surface area (TPSA) is 93.8 Å². The minimum atomic E-state index is -0.330. The summed E-state index contributed by atoms with van der Waals surface area (Å²) in [5, 5.41) is 3.94. The van der Waals surface area contributed by atoms with E-state index in [1.807, 2.05) is 36.4 Å². The molecule has 0 aliphatic carbocycles. The smallest absolute Gasteiger partial charge is 0.256 e. The summed E-state index contributed by atoms with van der Waals surface area (Å²) in [6.45, 7) is 2.33. The minimum absolute atomic E-state index is 0.151. The lowest BCUT2D eigenvalue weighted by molar-refractivity contribution is 0.0950. The van der Waals surface area contributed by atoms with Crippen LogP contribution in [-0.4, -0.2) is 20.9 Å². The Morgan fingerprint density at radius 3 is 2.68 bits per heavy atom. The molecule has 0 saturated heterocycles. The van der Waals surface area contributed by atoms with Gasteiger partial charge in [0.25, 0.3) is 5.91 Å². The van der Waals surface area contributed by atoms with Gasteiger partial charge in [-0.2, -0.15) is 0 Å². The van der Waals surface area contributed by atoms with E-state index >= 15 is 0 Å². The number of rotatable bonds is 4. The molecule has 4 aromatic rings. The second-order valence-corrected chi connectivity index (χ2v) is 6.49. The molecule has 6 nitrogen and oxygen atoms in total. The molecule has 6 heteroatoms. The summed E-state index contributed by atoms with van der Waals surface area (Å²) < 4.78 is 0. The summed E-state index contributed by atoms with van der Waals surface area (Å²) in [6.07, 6.45) is 2.72. The molecule has 1 amide bonds. The van der Waals surface area contributed by atoms with Crippen LogP contribution >= 0.6 is 0 Å². The molecule has 0 fully saturated rings. The zero-order valence-corrected chi connectivity index (χ0v) is 15.4. The van der Waals surface area contributed by atoms with Crippen molar-refractivity contribution in [3.63, 3.8) is 0 Å². The van der Waals surface area contributed by atoms with E-state index in [4.69, 9.17) is 10.7 Å². The maximum Gasteiger partial charge on any atom is 0.256 e. The fraction of sp³-hybridized carbons (Fsp3) is 0.0909. The van der Waals surface area contributed by atoms with Crippen LogP contribution in [0.2, 0.25) is 0 Å². The van der Waals surface area contributed by atoms with Gasteiger partial charge < -0.3 is 11.1 Å². The molecule has 0 aliphatic heterocycles. The highest BCUT2D eigenvalue weighted by Crippen LogP contribution is 2.29. The van der Waals surface area contributed by atoms with Gasteiger partial charge in [0.15, 0.2) is 0 Å². The predicted octanol–water partition coefficient (Wildman–Crippen LogP) is 3.51. The first-order valence-corrected chi connectivity index (χ1v) is 8.92. The van der Waals surface area contributed by atoms with E-state index in [2.05, 4.69) is 40.4 Å². The molecular weight excluding hydrogens is 350 g/mol. The Hall–Kier alpha value is -3.80. The van der Waals surface area contributed by atoms with Crippen LogP contribution in [0.15, 0.2) is 67.1 Å². The standard InChI is InChI=1S/C22H19N5O/c1-14-6-2-4-8-16(14)17-10-15-7-3-5-9-19(15)27-20(17)12-25-22(28)18-11-24-13-26-21(18)23/h2-11,13H,12H2,1H3,(H,25,28)(H2,23,24,26). The lowest BCUT2D eigenvalue weighted by Gasteiger charge is -2.14. The van der Waals surface area contributed by atoms with Gasteiger partial charge in [0, 0.05) is 17.1 Å². The normalized spacial score (nSPS) is 10.8. The van der Waals surface area contributed by atoms with Crippen LogP contribution in [0.5, 0.6) is 0 Å². The molecule has 0 radical (unpaired) electrons. The number of carbonyl (C=O) groups excluding carboxylic acids is 1. The molecule has 2 aromatic carbocycles. The fourth-order valence-electron chi connectivity index (χ4n) is 3.17. The predicted molar refractivity (Wildman–Crippen MR) is 110 cm³/mol. The van der Waals surface area contributed by atoms with Crippen LogP contribution in [0.1, 0.15) is 21.6 Å². The number of anilines is 1. The summed E-state index contributed by atoms with van der Waals surface area (Å²) in [5.74, 6) is -0.179. The second-order valence-electron chi connectivity index (χ2n) is 6.49. The molecular formula is C22H19N5O. The number of nitrogen functional groups attached to an aromatic ring is 1. The van der Waals surface area contributed by atoms with Crippen LogP contribution < -0.4 is 11.1 Å². The molecule has 4 rings (SSSR count). The summed E-state index contributed by atoms with van der Waals surface area (Å²) in [5.41, 5.74) is 10.9. The van der Waals surface area contributed by atoms with E-state index in [9.17, 15) is 4.79 Å². The highest BCUT2D eigenvalue weighted by atomic mass is 16.1. The van der Waals surface area contributed by atoms with Gasteiger partial charge in [-0.15, -0.1) is 0 Å². The van der Waals surface area contributed by atoms with Crippen molar-refractivity contribution in [2.75, 3.05) is 5.73 Å². The van der Waals surface area contributed by atoms with E-state index < -0.39 is 0 Å². The quantitative estimate of drug-likeness (QED) is 0.574. The number of para-hydroxylation sites is 1. The summed E-state index contributed by atoms with van der Waals surface area (Å²) in [4.78, 5) is 25.1. The number of nitrogens with two attached hydrogens (primary N) is 1. The Bertz CT molecular complexity index is 1170. The van der Waals surface area contributed by atoms with Crippen molar-refractivity contribution in [3.8, 4) is 11.1 Å². The van der Waals surface area contributed by atoms with Crippen LogP contribution in [-0.2, 0) is 6.54 Å². The van der Waals surface area contributed by atoms with Crippen molar-refractivity contribution < 1.29 is 4.79 Å². The van der Waals surface area contributed by atoms with Gasteiger partial charge >= 0.3 is 0 Å². The van der Waals surface area contributed by atoms with E-state index in [1.165, 1.54) is 12.5 Å². The molecule has 0 spiro atoms. The largest absolute Gasteiger partial charge is 0.383 e. The number of nitrogens with zero attached hydrogens (tertiary/aromatic N) is 3. The van der Waals surface area contributed by atoms with Crippen molar-refractivity contribution in [1.29, 1.82) is 0 Å². The van der Waals surface area contributed by atoms with Gasteiger partial charge in [0.05, 0.1) is 23.3 Å². The number of amides is 1. The summed E-state index contributed by atoms with van der Waals surface area (Å²) >= 11 is 0.